The minimum absolute atomic E-state index is 0.0467. The Kier molecular flexibility index (Phi) is 7.66. The van der Waals surface area contributed by atoms with E-state index in [4.69, 9.17) is 4.74 Å². The Labute approximate surface area is 174 Å². The Bertz CT molecular complexity index is 774. The average Bonchev–Trinajstić information content (AvgIpc) is 2.88. The number of aromatic nitrogens is 1. The van der Waals surface area contributed by atoms with Gasteiger partial charge in [-0.25, -0.2) is 4.79 Å². The van der Waals surface area contributed by atoms with E-state index in [0.29, 0.717) is 35.8 Å². The molecule has 0 saturated heterocycles. The lowest BCUT2D eigenvalue weighted by atomic mass is 9.83. The summed E-state index contributed by atoms with van der Waals surface area (Å²) < 4.78 is 6.76. The Balaban J connectivity index is 2.40. The van der Waals surface area contributed by atoms with Gasteiger partial charge in [0.1, 0.15) is 5.69 Å². The topological polar surface area (TPSA) is 68.6 Å². The summed E-state index contributed by atoms with van der Waals surface area (Å²) in [6, 6.07) is -0.558. The molecule has 6 nitrogen and oxygen atoms in total. The summed E-state index contributed by atoms with van der Waals surface area (Å²) >= 11 is 0. The van der Waals surface area contributed by atoms with Gasteiger partial charge in [0.15, 0.2) is 5.78 Å². The van der Waals surface area contributed by atoms with E-state index in [1.165, 1.54) is 7.11 Å². The molecule has 1 aromatic heterocycles. The van der Waals surface area contributed by atoms with Crippen molar-refractivity contribution in [3.63, 3.8) is 0 Å². The van der Waals surface area contributed by atoms with Gasteiger partial charge in [-0.3, -0.25) is 9.59 Å². The molecule has 2 rings (SSSR count). The molecule has 1 heterocycles. The Morgan fingerprint density at radius 2 is 1.79 bits per heavy atom. The van der Waals surface area contributed by atoms with Gasteiger partial charge >= 0.3 is 5.97 Å². The van der Waals surface area contributed by atoms with Crippen LogP contribution in [-0.4, -0.2) is 46.8 Å². The number of hydrogen-bond donors (Lipinski definition) is 0. The summed E-state index contributed by atoms with van der Waals surface area (Å²) in [6.07, 6.45) is 3.76. The number of carbonyl (C=O) groups is 3. The van der Waals surface area contributed by atoms with E-state index in [-0.39, 0.29) is 17.6 Å². The first kappa shape index (κ1) is 23.2. The minimum atomic E-state index is -0.558. The molecule has 1 unspecified atom stereocenters. The van der Waals surface area contributed by atoms with Crippen molar-refractivity contribution in [3.05, 3.63) is 22.5 Å². The number of nitrogens with zero attached hydrogens (tertiary/aromatic N) is 2. The fourth-order valence-corrected chi connectivity index (χ4v) is 4.15. The molecule has 0 radical (unpaired) electrons. The highest BCUT2D eigenvalue weighted by Crippen LogP contribution is 2.31. The number of rotatable bonds is 9. The molecule has 0 N–H and O–H groups in total. The zero-order valence-electron chi connectivity index (χ0n) is 19.0. The second kappa shape index (κ2) is 9.59. The van der Waals surface area contributed by atoms with Gasteiger partial charge in [-0.2, -0.15) is 0 Å². The SMILES string of the molecule is CCn1c(C)c(C(=O)C(C)N(CCC(C)C)C(=O)C2CCC2)c(C)c1C(=O)OC. The summed E-state index contributed by atoms with van der Waals surface area (Å²) in [5.74, 6) is 0.0429. The van der Waals surface area contributed by atoms with E-state index in [2.05, 4.69) is 13.8 Å². The average molecular weight is 405 g/mol. The number of hydrogen-bond acceptors (Lipinski definition) is 4. The maximum absolute atomic E-state index is 13.5. The van der Waals surface area contributed by atoms with Crippen molar-refractivity contribution < 1.29 is 19.1 Å². The van der Waals surface area contributed by atoms with Crippen molar-refractivity contribution >= 4 is 17.7 Å². The zero-order chi connectivity index (χ0) is 21.9. The molecule has 6 heteroatoms. The number of Topliss-reactive ketones (excluding diaryl/α,β-unsaturated/α-hetero) is 1. The Hall–Kier alpha value is -2.11. The van der Waals surface area contributed by atoms with Crippen molar-refractivity contribution in [3.8, 4) is 0 Å². The molecule has 0 aliphatic heterocycles. The third-order valence-electron chi connectivity index (χ3n) is 6.24. The van der Waals surface area contributed by atoms with Crippen molar-refractivity contribution in [2.75, 3.05) is 13.7 Å². The summed E-state index contributed by atoms with van der Waals surface area (Å²) in [7, 11) is 1.35. The molecule has 0 aromatic carbocycles. The molecule has 29 heavy (non-hydrogen) atoms. The molecule has 1 saturated carbocycles. The van der Waals surface area contributed by atoms with Crippen molar-refractivity contribution in [1.82, 2.24) is 9.47 Å². The van der Waals surface area contributed by atoms with Crippen molar-refractivity contribution in [1.29, 1.82) is 0 Å². The van der Waals surface area contributed by atoms with E-state index in [1.807, 2.05) is 25.3 Å². The number of ketones is 1. The van der Waals surface area contributed by atoms with E-state index >= 15 is 0 Å². The van der Waals surface area contributed by atoms with Crippen LogP contribution in [0.15, 0.2) is 0 Å². The van der Waals surface area contributed by atoms with Crippen LogP contribution in [0, 0.1) is 25.7 Å². The number of methoxy groups -OCH3 is 1. The standard InChI is InChI=1S/C23H36N2O4/c1-8-24-16(5)19(15(4)20(24)23(28)29-7)21(26)17(6)25(13-12-14(2)3)22(27)18-10-9-11-18/h14,17-18H,8-13H2,1-7H3. The highest BCUT2D eigenvalue weighted by molar-refractivity contribution is 6.06. The number of esters is 1. The molecule has 1 aliphatic carbocycles. The third kappa shape index (κ3) is 4.57. The van der Waals surface area contributed by atoms with Crippen LogP contribution in [0.4, 0.5) is 0 Å². The first-order chi connectivity index (χ1) is 13.6. The highest BCUT2D eigenvalue weighted by atomic mass is 16.5. The van der Waals surface area contributed by atoms with Gasteiger partial charge in [0, 0.05) is 30.3 Å². The van der Waals surface area contributed by atoms with Crippen LogP contribution in [0.1, 0.15) is 85.5 Å². The van der Waals surface area contributed by atoms with Crippen LogP contribution >= 0.6 is 0 Å². The fraction of sp³-hybridized carbons (Fsp3) is 0.696. The minimum Gasteiger partial charge on any atom is -0.464 e. The van der Waals surface area contributed by atoms with E-state index < -0.39 is 12.0 Å². The van der Waals surface area contributed by atoms with Crippen LogP contribution in [0.25, 0.3) is 0 Å². The molecule has 0 spiro atoms. The molecule has 1 fully saturated rings. The van der Waals surface area contributed by atoms with E-state index in [1.54, 1.807) is 11.8 Å². The second-order valence-electron chi connectivity index (χ2n) is 8.55. The van der Waals surface area contributed by atoms with E-state index in [9.17, 15) is 14.4 Å². The van der Waals surface area contributed by atoms with Crippen LogP contribution in [-0.2, 0) is 16.1 Å². The zero-order valence-corrected chi connectivity index (χ0v) is 19.0. The predicted octanol–water partition coefficient (Wildman–Crippen LogP) is 4.16. The largest absolute Gasteiger partial charge is 0.464 e. The normalized spacial score (nSPS) is 15.2. The lowest BCUT2D eigenvalue weighted by molar-refractivity contribution is -0.139. The van der Waals surface area contributed by atoms with Crippen molar-refractivity contribution in [2.24, 2.45) is 11.8 Å². The first-order valence-corrected chi connectivity index (χ1v) is 10.8. The lowest BCUT2D eigenvalue weighted by Crippen LogP contribution is -2.48. The Morgan fingerprint density at radius 3 is 2.24 bits per heavy atom. The van der Waals surface area contributed by atoms with Gasteiger partial charge in [0.2, 0.25) is 5.91 Å². The fourth-order valence-electron chi connectivity index (χ4n) is 4.15. The maximum atomic E-state index is 13.5. The summed E-state index contributed by atoms with van der Waals surface area (Å²) in [4.78, 5) is 40.7. The number of amides is 1. The van der Waals surface area contributed by atoms with E-state index in [0.717, 1.165) is 31.4 Å². The molecule has 1 aromatic rings. The summed E-state index contributed by atoms with van der Waals surface area (Å²) in [5.41, 5.74) is 2.34. The lowest BCUT2D eigenvalue weighted by Gasteiger charge is -2.35. The highest BCUT2D eigenvalue weighted by Gasteiger charge is 2.36. The third-order valence-corrected chi connectivity index (χ3v) is 6.24. The smallest absolute Gasteiger partial charge is 0.354 e. The number of ether oxygens (including phenoxy) is 1. The molecular formula is C23H36N2O4. The molecule has 0 bridgehead atoms. The van der Waals surface area contributed by atoms with Crippen LogP contribution in [0.3, 0.4) is 0 Å². The molecule has 1 amide bonds. The van der Waals surface area contributed by atoms with Crippen molar-refractivity contribution in [2.45, 2.75) is 79.8 Å². The maximum Gasteiger partial charge on any atom is 0.354 e. The second-order valence-corrected chi connectivity index (χ2v) is 8.55. The predicted molar refractivity (Wildman–Crippen MR) is 113 cm³/mol. The van der Waals surface area contributed by atoms with Gasteiger partial charge in [-0.1, -0.05) is 20.3 Å². The summed E-state index contributed by atoms with van der Waals surface area (Å²) in [6.45, 7) is 12.8. The summed E-state index contributed by atoms with van der Waals surface area (Å²) in [5, 5.41) is 0. The quantitative estimate of drug-likeness (QED) is 0.458. The van der Waals surface area contributed by atoms with Crippen LogP contribution < -0.4 is 0 Å². The monoisotopic (exact) mass is 404 g/mol. The molecule has 1 atom stereocenters. The molecule has 1 aliphatic rings. The van der Waals surface area contributed by atoms with Gasteiger partial charge in [0.25, 0.3) is 0 Å². The molecular weight excluding hydrogens is 368 g/mol. The van der Waals surface area contributed by atoms with Gasteiger partial charge < -0.3 is 14.2 Å². The molecule has 162 valence electrons. The Morgan fingerprint density at radius 1 is 1.17 bits per heavy atom. The van der Waals surface area contributed by atoms with Crippen LogP contribution in [0.2, 0.25) is 0 Å². The van der Waals surface area contributed by atoms with Crippen LogP contribution in [0.5, 0.6) is 0 Å². The number of carbonyl (C=O) groups excluding carboxylic acids is 3. The first-order valence-electron chi connectivity index (χ1n) is 10.8. The van der Waals surface area contributed by atoms with Gasteiger partial charge in [-0.15, -0.1) is 0 Å². The van der Waals surface area contributed by atoms with Gasteiger partial charge in [-0.05, 0) is 58.4 Å². The van der Waals surface area contributed by atoms with Gasteiger partial charge in [0.05, 0.1) is 13.2 Å².